The van der Waals surface area contributed by atoms with E-state index in [1.165, 1.54) is 0 Å². The Balaban J connectivity index is 1.86. The van der Waals surface area contributed by atoms with E-state index in [4.69, 9.17) is 4.74 Å². The van der Waals surface area contributed by atoms with Gasteiger partial charge < -0.3 is 15.2 Å². The van der Waals surface area contributed by atoms with Gasteiger partial charge in [-0.15, -0.1) is 0 Å². The SMILES string of the molecule is O=C(CC1CCOCC1)NC1CCCCCCC1C(=O)O. The summed E-state index contributed by atoms with van der Waals surface area (Å²) in [5.41, 5.74) is 0. The Morgan fingerprint density at radius 3 is 2.33 bits per heavy atom. The van der Waals surface area contributed by atoms with Crippen molar-refractivity contribution in [2.24, 2.45) is 11.8 Å². The van der Waals surface area contributed by atoms with Gasteiger partial charge in [0.2, 0.25) is 5.91 Å². The van der Waals surface area contributed by atoms with Crippen LogP contribution in [-0.2, 0) is 14.3 Å². The van der Waals surface area contributed by atoms with E-state index in [0.29, 0.717) is 18.8 Å². The van der Waals surface area contributed by atoms with E-state index < -0.39 is 11.9 Å². The summed E-state index contributed by atoms with van der Waals surface area (Å²) in [6.07, 6.45) is 8.03. The van der Waals surface area contributed by atoms with Crippen molar-refractivity contribution in [1.29, 1.82) is 0 Å². The number of carbonyl (C=O) groups is 2. The number of ether oxygens (including phenoxy) is 1. The van der Waals surface area contributed by atoms with Crippen molar-refractivity contribution in [2.75, 3.05) is 13.2 Å². The van der Waals surface area contributed by atoms with E-state index in [1.54, 1.807) is 0 Å². The fourth-order valence-corrected chi connectivity index (χ4v) is 3.43. The van der Waals surface area contributed by atoms with Crippen LogP contribution in [0.2, 0.25) is 0 Å². The first kappa shape index (κ1) is 16.3. The quantitative estimate of drug-likeness (QED) is 0.835. The molecule has 1 heterocycles. The van der Waals surface area contributed by atoms with Gasteiger partial charge in [-0.1, -0.05) is 25.7 Å². The molecule has 1 aliphatic carbocycles. The first-order valence-corrected chi connectivity index (χ1v) is 8.26. The molecule has 1 saturated heterocycles. The molecule has 2 atom stereocenters. The Hall–Kier alpha value is -1.10. The van der Waals surface area contributed by atoms with Gasteiger partial charge in [-0.3, -0.25) is 9.59 Å². The highest BCUT2D eigenvalue weighted by molar-refractivity contribution is 5.78. The second-order valence-electron chi connectivity index (χ2n) is 6.37. The van der Waals surface area contributed by atoms with Crippen molar-refractivity contribution in [3.05, 3.63) is 0 Å². The number of carbonyl (C=O) groups excluding carboxylic acids is 1. The normalized spacial score (nSPS) is 28.4. The third-order valence-corrected chi connectivity index (χ3v) is 4.74. The minimum Gasteiger partial charge on any atom is -0.481 e. The molecule has 2 aliphatic rings. The Bertz CT molecular complexity index is 352. The maximum atomic E-state index is 12.2. The summed E-state index contributed by atoms with van der Waals surface area (Å²) in [5.74, 6) is -0.800. The van der Waals surface area contributed by atoms with Crippen LogP contribution in [0.5, 0.6) is 0 Å². The highest BCUT2D eigenvalue weighted by atomic mass is 16.5. The molecule has 0 aromatic carbocycles. The average Bonchev–Trinajstić information content (AvgIpc) is 2.42. The number of hydrogen-bond donors (Lipinski definition) is 2. The zero-order valence-electron chi connectivity index (χ0n) is 12.7. The Morgan fingerprint density at radius 2 is 1.67 bits per heavy atom. The molecular formula is C16H27NO4. The molecule has 120 valence electrons. The predicted molar refractivity (Wildman–Crippen MR) is 78.9 cm³/mol. The number of nitrogens with one attached hydrogen (secondary N) is 1. The predicted octanol–water partition coefficient (Wildman–Crippen LogP) is 2.34. The highest BCUT2D eigenvalue weighted by Crippen LogP contribution is 2.24. The summed E-state index contributed by atoms with van der Waals surface area (Å²) in [7, 11) is 0. The maximum Gasteiger partial charge on any atom is 0.308 e. The van der Waals surface area contributed by atoms with E-state index in [-0.39, 0.29) is 11.9 Å². The number of aliphatic carboxylic acids is 1. The fraction of sp³-hybridized carbons (Fsp3) is 0.875. The summed E-state index contributed by atoms with van der Waals surface area (Å²) >= 11 is 0. The van der Waals surface area contributed by atoms with E-state index in [1.807, 2.05) is 0 Å². The lowest BCUT2D eigenvalue weighted by molar-refractivity contribution is -0.143. The topological polar surface area (TPSA) is 75.6 Å². The molecular weight excluding hydrogens is 270 g/mol. The van der Waals surface area contributed by atoms with Gasteiger partial charge in [0.15, 0.2) is 0 Å². The second kappa shape index (κ2) is 8.37. The van der Waals surface area contributed by atoms with Gasteiger partial charge in [0.1, 0.15) is 0 Å². The smallest absolute Gasteiger partial charge is 0.308 e. The van der Waals surface area contributed by atoms with Crippen LogP contribution >= 0.6 is 0 Å². The van der Waals surface area contributed by atoms with Gasteiger partial charge in [0.25, 0.3) is 0 Å². The average molecular weight is 297 g/mol. The van der Waals surface area contributed by atoms with E-state index in [9.17, 15) is 14.7 Å². The molecule has 21 heavy (non-hydrogen) atoms. The molecule has 0 radical (unpaired) electrons. The molecule has 1 amide bonds. The molecule has 0 aromatic rings. The molecule has 1 aliphatic heterocycles. The molecule has 2 fully saturated rings. The zero-order chi connectivity index (χ0) is 15.1. The van der Waals surface area contributed by atoms with Gasteiger partial charge in [0, 0.05) is 25.7 Å². The van der Waals surface area contributed by atoms with Gasteiger partial charge in [-0.2, -0.15) is 0 Å². The summed E-state index contributed by atoms with van der Waals surface area (Å²) < 4.78 is 5.30. The monoisotopic (exact) mass is 297 g/mol. The van der Waals surface area contributed by atoms with Gasteiger partial charge in [0.05, 0.1) is 5.92 Å². The minimum atomic E-state index is -0.770. The Labute approximate surface area is 126 Å². The largest absolute Gasteiger partial charge is 0.481 e. The summed E-state index contributed by atoms with van der Waals surface area (Å²) in [5, 5.41) is 12.4. The first-order valence-electron chi connectivity index (χ1n) is 8.26. The minimum absolute atomic E-state index is 0.0127. The van der Waals surface area contributed by atoms with Crippen molar-refractivity contribution < 1.29 is 19.4 Å². The Kier molecular flexibility index (Phi) is 6.49. The molecule has 0 aromatic heterocycles. The van der Waals surface area contributed by atoms with Gasteiger partial charge in [-0.05, 0) is 31.6 Å². The summed E-state index contributed by atoms with van der Waals surface area (Å²) in [6.45, 7) is 1.47. The van der Waals surface area contributed by atoms with Gasteiger partial charge in [-0.25, -0.2) is 0 Å². The molecule has 2 N–H and O–H groups in total. The van der Waals surface area contributed by atoms with Crippen molar-refractivity contribution in [3.8, 4) is 0 Å². The lowest BCUT2D eigenvalue weighted by atomic mass is 9.86. The lowest BCUT2D eigenvalue weighted by Crippen LogP contribution is -2.44. The van der Waals surface area contributed by atoms with Crippen molar-refractivity contribution in [1.82, 2.24) is 5.32 Å². The van der Waals surface area contributed by atoms with Crippen LogP contribution in [0, 0.1) is 11.8 Å². The van der Waals surface area contributed by atoms with Crippen LogP contribution in [0.4, 0.5) is 0 Å². The van der Waals surface area contributed by atoms with Crippen LogP contribution in [0.1, 0.15) is 57.8 Å². The number of carboxylic acids is 1. The summed E-state index contributed by atoms with van der Waals surface area (Å²) in [6, 6.07) is -0.199. The third kappa shape index (κ3) is 5.30. The van der Waals surface area contributed by atoms with E-state index in [2.05, 4.69) is 5.32 Å². The fourth-order valence-electron chi connectivity index (χ4n) is 3.43. The molecule has 0 bridgehead atoms. The standard InChI is InChI=1S/C16H27NO4/c18-15(11-12-7-9-21-10-8-12)17-14-6-4-2-1-3-5-13(14)16(19)20/h12-14H,1-11H2,(H,17,18)(H,19,20). The van der Waals surface area contributed by atoms with Crippen molar-refractivity contribution in [3.63, 3.8) is 0 Å². The maximum absolute atomic E-state index is 12.2. The van der Waals surface area contributed by atoms with Crippen LogP contribution in [0.25, 0.3) is 0 Å². The number of amides is 1. The van der Waals surface area contributed by atoms with Crippen LogP contribution in [0.15, 0.2) is 0 Å². The first-order chi connectivity index (χ1) is 10.2. The van der Waals surface area contributed by atoms with Crippen LogP contribution in [0.3, 0.4) is 0 Å². The van der Waals surface area contributed by atoms with Crippen LogP contribution in [-0.4, -0.2) is 36.2 Å². The molecule has 1 saturated carbocycles. The lowest BCUT2D eigenvalue weighted by Gasteiger charge is -2.28. The molecule has 5 heteroatoms. The highest BCUT2D eigenvalue weighted by Gasteiger charge is 2.30. The van der Waals surface area contributed by atoms with Gasteiger partial charge >= 0.3 is 5.97 Å². The number of hydrogen-bond acceptors (Lipinski definition) is 3. The van der Waals surface area contributed by atoms with Crippen molar-refractivity contribution in [2.45, 2.75) is 63.8 Å². The number of carboxylic acid groups (broad SMARTS) is 1. The third-order valence-electron chi connectivity index (χ3n) is 4.74. The summed E-state index contributed by atoms with van der Waals surface area (Å²) in [4.78, 5) is 23.6. The van der Waals surface area contributed by atoms with E-state index >= 15 is 0 Å². The second-order valence-corrected chi connectivity index (χ2v) is 6.37. The van der Waals surface area contributed by atoms with Crippen LogP contribution < -0.4 is 5.32 Å². The molecule has 2 rings (SSSR count). The Morgan fingerprint density at radius 1 is 1.00 bits per heavy atom. The molecule has 2 unspecified atom stereocenters. The number of rotatable bonds is 4. The van der Waals surface area contributed by atoms with E-state index in [0.717, 1.165) is 58.2 Å². The zero-order valence-corrected chi connectivity index (χ0v) is 12.7. The molecule has 5 nitrogen and oxygen atoms in total. The van der Waals surface area contributed by atoms with Crippen molar-refractivity contribution >= 4 is 11.9 Å². The molecule has 0 spiro atoms.